The first kappa shape index (κ1) is 25.7. The molecule has 4 rings (SSSR count). The fourth-order valence-electron chi connectivity index (χ4n) is 4.87. The van der Waals surface area contributed by atoms with Gasteiger partial charge in [-0.2, -0.15) is 0 Å². The number of aromatic nitrogens is 2. The van der Waals surface area contributed by atoms with E-state index >= 15 is 0 Å². The zero-order valence-corrected chi connectivity index (χ0v) is 20.8. The SMILES string of the molecule is CC(=O)N1c2ccc(-c3cnc(N4CCOCC4)nc3)cc2[C@H](N(C(=O)O)C(C)C)C[C@@H]1C.Cl. The number of ether oxygens (including phenoxy) is 1. The van der Waals surface area contributed by atoms with Crippen molar-refractivity contribution in [2.75, 3.05) is 36.1 Å². The molecular formula is C24H32ClN5O4. The zero-order valence-electron chi connectivity index (χ0n) is 20.0. The lowest BCUT2D eigenvalue weighted by molar-refractivity contribution is -0.117. The molecule has 0 spiro atoms. The number of anilines is 2. The summed E-state index contributed by atoms with van der Waals surface area (Å²) in [4.78, 5) is 39.0. The van der Waals surface area contributed by atoms with Crippen LogP contribution in [0, 0.1) is 0 Å². The van der Waals surface area contributed by atoms with E-state index in [2.05, 4.69) is 14.9 Å². The first-order valence-electron chi connectivity index (χ1n) is 11.4. The molecule has 1 fully saturated rings. The molecular weight excluding hydrogens is 458 g/mol. The van der Waals surface area contributed by atoms with E-state index in [-0.39, 0.29) is 36.4 Å². The first-order chi connectivity index (χ1) is 15.8. The van der Waals surface area contributed by atoms with Crippen molar-refractivity contribution in [3.63, 3.8) is 0 Å². The molecule has 34 heavy (non-hydrogen) atoms. The Bertz CT molecular complexity index is 1030. The molecule has 1 N–H and O–H groups in total. The number of nitrogens with zero attached hydrogens (tertiary/aromatic N) is 5. The molecule has 9 nitrogen and oxygen atoms in total. The minimum absolute atomic E-state index is 0. The van der Waals surface area contributed by atoms with Gasteiger partial charge in [-0.1, -0.05) is 6.07 Å². The van der Waals surface area contributed by atoms with Crippen LogP contribution in [-0.2, 0) is 9.53 Å². The summed E-state index contributed by atoms with van der Waals surface area (Å²) in [5.74, 6) is 0.617. The number of halogens is 1. The summed E-state index contributed by atoms with van der Waals surface area (Å²) in [5, 5.41) is 9.94. The van der Waals surface area contributed by atoms with E-state index in [1.54, 1.807) is 24.2 Å². The summed E-state index contributed by atoms with van der Waals surface area (Å²) in [6.07, 6.45) is 3.15. The highest BCUT2D eigenvalue weighted by Crippen LogP contribution is 2.43. The van der Waals surface area contributed by atoms with Gasteiger partial charge in [0.05, 0.1) is 19.3 Å². The standard InChI is InChI=1S/C24H31N5O4.ClH/c1-15(2)28(24(31)32)22-11-16(3)29(17(4)30)21-6-5-18(12-20(21)22)19-13-25-23(26-14-19)27-7-9-33-10-8-27;/h5-6,12-16,22H,7-11H2,1-4H3,(H,31,32);1H/t16-,22+;/m0./s1. The van der Waals surface area contributed by atoms with Gasteiger partial charge in [0.25, 0.3) is 0 Å². The van der Waals surface area contributed by atoms with E-state index < -0.39 is 6.09 Å². The number of hydrogen-bond donors (Lipinski definition) is 1. The molecule has 10 heteroatoms. The molecule has 2 amide bonds. The molecule has 0 radical (unpaired) electrons. The highest BCUT2D eigenvalue weighted by atomic mass is 35.5. The summed E-state index contributed by atoms with van der Waals surface area (Å²) in [6, 6.07) is 5.17. The Kier molecular flexibility index (Phi) is 7.99. The van der Waals surface area contributed by atoms with Crippen LogP contribution < -0.4 is 9.80 Å². The molecule has 1 aromatic heterocycles. The van der Waals surface area contributed by atoms with Crippen LogP contribution in [0.2, 0.25) is 0 Å². The smallest absolute Gasteiger partial charge is 0.408 e. The fraction of sp³-hybridized carbons (Fsp3) is 0.500. The predicted molar refractivity (Wildman–Crippen MR) is 133 cm³/mol. The topological polar surface area (TPSA) is 99.1 Å². The second-order valence-corrected chi connectivity index (χ2v) is 8.92. The molecule has 3 heterocycles. The number of benzene rings is 1. The lowest BCUT2D eigenvalue weighted by atomic mass is 9.88. The second kappa shape index (κ2) is 10.6. The fourth-order valence-corrected chi connectivity index (χ4v) is 4.87. The maximum atomic E-state index is 12.4. The van der Waals surface area contributed by atoms with Crippen LogP contribution in [-0.4, -0.2) is 70.4 Å². The summed E-state index contributed by atoms with van der Waals surface area (Å²) in [6.45, 7) is 10.1. The van der Waals surface area contributed by atoms with Crippen LogP contribution in [0.1, 0.15) is 45.7 Å². The van der Waals surface area contributed by atoms with Crippen molar-refractivity contribution in [1.29, 1.82) is 0 Å². The Hall–Kier alpha value is -2.91. The number of amides is 2. The maximum absolute atomic E-state index is 12.4. The van der Waals surface area contributed by atoms with Crippen LogP contribution >= 0.6 is 12.4 Å². The largest absolute Gasteiger partial charge is 0.465 e. The average molecular weight is 490 g/mol. The summed E-state index contributed by atoms with van der Waals surface area (Å²) in [5.41, 5.74) is 3.31. The molecule has 1 saturated heterocycles. The number of fused-ring (bicyclic) bond motifs is 1. The Balaban J connectivity index is 0.00000324. The number of morpholine rings is 1. The van der Waals surface area contributed by atoms with Gasteiger partial charge in [0.2, 0.25) is 11.9 Å². The summed E-state index contributed by atoms with van der Waals surface area (Å²) < 4.78 is 5.39. The van der Waals surface area contributed by atoms with E-state index in [0.29, 0.717) is 25.6 Å². The van der Waals surface area contributed by atoms with E-state index in [4.69, 9.17) is 4.74 Å². The van der Waals surface area contributed by atoms with Gasteiger partial charge in [0.15, 0.2) is 0 Å². The monoisotopic (exact) mass is 489 g/mol. The number of carbonyl (C=O) groups excluding carboxylic acids is 1. The molecule has 0 saturated carbocycles. The molecule has 1 aromatic carbocycles. The van der Waals surface area contributed by atoms with Gasteiger partial charge in [-0.3, -0.25) is 9.69 Å². The normalized spacial score (nSPS) is 19.9. The summed E-state index contributed by atoms with van der Waals surface area (Å²) >= 11 is 0. The van der Waals surface area contributed by atoms with E-state index in [0.717, 1.165) is 35.5 Å². The van der Waals surface area contributed by atoms with Crippen molar-refractivity contribution in [2.45, 2.75) is 52.2 Å². The first-order valence-corrected chi connectivity index (χ1v) is 11.4. The van der Waals surface area contributed by atoms with Gasteiger partial charge in [-0.05, 0) is 50.5 Å². The Morgan fingerprint density at radius 1 is 1.15 bits per heavy atom. The van der Waals surface area contributed by atoms with Crippen LogP contribution in [0.15, 0.2) is 30.6 Å². The highest BCUT2D eigenvalue weighted by Gasteiger charge is 2.38. The minimum Gasteiger partial charge on any atom is -0.465 e. The Labute approximate surface area is 206 Å². The average Bonchev–Trinajstić information content (AvgIpc) is 2.79. The zero-order chi connectivity index (χ0) is 23.7. The van der Waals surface area contributed by atoms with Gasteiger partial charge in [-0.15, -0.1) is 12.4 Å². The minimum atomic E-state index is -0.965. The van der Waals surface area contributed by atoms with Crippen LogP contribution in [0.4, 0.5) is 16.4 Å². The third kappa shape index (κ3) is 4.95. The van der Waals surface area contributed by atoms with Crippen molar-refractivity contribution in [2.24, 2.45) is 0 Å². The third-order valence-electron chi connectivity index (χ3n) is 6.37. The quantitative estimate of drug-likeness (QED) is 0.693. The number of hydrogen-bond acceptors (Lipinski definition) is 6. The lowest BCUT2D eigenvalue weighted by Crippen LogP contribution is -2.48. The second-order valence-electron chi connectivity index (χ2n) is 8.92. The van der Waals surface area contributed by atoms with Crippen molar-refractivity contribution >= 4 is 36.0 Å². The summed E-state index contributed by atoms with van der Waals surface area (Å²) in [7, 11) is 0. The maximum Gasteiger partial charge on any atom is 0.408 e. The van der Waals surface area contributed by atoms with Crippen LogP contribution in [0.25, 0.3) is 11.1 Å². The van der Waals surface area contributed by atoms with E-state index in [1.807, 2.05) is 39.0 Å². The Morgan fingerprint density at radius 3 is 2.35 bits per heavy atom. The number of carbonyl (C=O) groups is 2. The Morgan fingerprint density at radius 2 is 1.79 bits per heavy atom. The van der Waals surface area contributed by atoms with Crippen LogP contribution in [0.3, 0.4) is 0 Å². The molecule has 0 aliphatic carbocycles. The van der Waals surface area contributed by atoms with Crippen molar-refractivity contribution < 1.29 is 19.4 Å². The van der Waals surface area contributed by atoms with Crippen molar-refractivity contribution in [3.05, 3.63) is 36.2 Å². The molecule has 0 bridgehead atoms. The van der Waals surface area contributed by atoms with Gasteiger partial charge < -0.3 is 19.6 Å². The van der Waals surface area contributed by atoms with Crippen molar-refractivity contribution in [1.82, 2.24) is 14.9 Å². The molecule has 184 valence electrons. The molecule has 2 atom stereocenters. The predicted octanol–water partition coefficient (Wildman–Crippen LogP) is 3.98. The van der Waals surface area contributed by atoms with Gasteiger partial charge >= 0.3 is 6.09 Å². The molecule has 0 unspecified atom stereocenters. The molecule has 2 aliphatic rings. The highest BCUT2D eigenvalue weighted by molar-refractivity contribution is 5.94. The molecule has 2 aliphatic heterocycles. The number of carboxylic acid groups (broad SMARTS) is 1. The van der Waals surface area contributed by atoms with Crippen molar-refractivity contribution in [3.8, 4) is 11.1 Å². The number of rotatable bonds is 4. The van der Waals surface area contributed by atoms with Gasteiger partial charge in [-0.25, -0.2) is 14.8 Å². The van der Waals surface area contributed by atoms with Crippen LogP contribution in [0.5, 0.6) is 0 Å². The van der Waals surface area contributed by atoms with E-state index in [1.165, 1.54) is 4.90 Å². The van der Waals surface area contributed by atoms with E-state index in [9.17, 15) is 14.7 Å². The van der Waals surface area contributed by atoms with Gasteiger partial charge in [0.1, 0.15) is 0 Å². The molecule has 2 aromatic rings. The lowest BCUT2D eigenvalue weighted by Gasteiger charge is -2.43. The van der Waals surface area contributed by atoms with Gasteiger partial charge in [0, 0.05) is 55.7 Å². The third-order valence-corrected chi connectivity index (χ3v) is 6.37.